The van der Waals surface area contributed by atoms with E-state index in [1.807, 2.05) is 0 Å². The van der Waals surface area contributed by atoms with Crippen LogP contribution in [0.4, 0.5) is 8.78 Å². The van der Waals surface area contributed by atoms with E-state index in [1.165, 1.54) is 6.07 Å². The smallest absolute Gasteiger partial charge is 0.226 e. The molecule has 0 aliphatic carbocycles. The topological polar surface area (TPSA) is 52.3 Å². The molecule has 0 spiro atoms. The molecule has 1 rings (SSSR count). The van der Waals surface area contributed by atoms with Gasteiger partial charge in [0, 0.05) is 6.07 Å². The number of ether oxygens (including phenoxy) is 1. The third kappa shape index (κ3) is 2.92. The fourth-order valence-electron chi connectivity index (χ4n) is 0.922. The molecule has 2 N–H and O–H groups in total. The molecule has 1 aromatic carbocycles. The lowest BCUT2D eigenvalue weighted by Crippen LogP contribution is -2.36. The molecule has 16 heavy (non-hydrogen) atoms. The van der Waals surface area contributed by atoms with Crippen molar-refractivity contribution in [2.45, 2.75) is 13.8 Å². The van der Waals surface area contributed by atoms with Crippen molar-refractivity contribution in [3.05, 3.63) is 29.8 Å². The lowest BCUT2D eigenvalue weighted by atomic mass is 9.94. The van der Waals surface area contributed by atoms with E-state index in [9.17, 15) is 13.6 Å². The van der Waals surface area contributed by atoms with Gasteiger partial charge in [-0.25, -0.2) is 8.78 Å². The SMILES string of the molecule is CC(C)(COc1ccc(F)cc1F)C(N)=O. The van der Waals surface area contributed by atoms with Gasteiger partial charge >= 0.3 is 0 Å². The van der Waals surface area contributed by atoms with Gasteiger partial charge in [0.1, 0.15) is 12.4 Å². The zero-order valence-corrected chi connectivity index (χ0v) is 9.09. The number of halogens is 2. The van der Waals surface area contributed by atoms with Crippen molar-refractivity contribution in [2.24, 2.45) is 11.1 Å². The summed E-state index contributed by atoms with van der Waals surface area (Å²) in [6.45, 7) is 3.10. The van der Waals surface area contributed by atoms with Crippen molar-refractivity contribution < 1.29 is 18.3 Å². The minimum atomic E-state index is -0.902. The number of rotatable bonds is 4. The Balaban J connectivity index is 2.72. The predicted octanol–water partition coefficient (Wildman–Crippen LogP) is 1.86. The van der Waals surface area contributed by atoms with Crippen LogP contribution in [0.25, 0.3) is 0 Å². The minimum Gasteiger partial charge on any atom is -0.489 e. The maximum atomic E-state index is 13.1. The third-order valence-electron chi connectivity index (χ3n) is 2.15. The first-order valence-electron chi connectivity index (χ1n) is 4.71. The Kier molecular flexibility index (Phi) is 3.47. The van der Waals surface area contributed by atoms with Crippen LogP contribution in [0.15, 0.2) is 18.2 Å². The Hall–Kier alpha value is -1.65. The lowest BCUT2D eigenvalue weighted by molar-refractivity contribution is -0.127. The molecule has 0 unspecified atom stereocenters. The van der Waals surface area contributed by atoms with Gasteiger partial charge in [-0.1, -0.05) is 0 Å². The molecule has 1 aromatic rings. The molecule has 3 nitrogen and oxygen atoms in total. The molecule has 0 atom stereocenters. The number of nitrogens with two attached hydrogens (primary N) is 1. The fourth-order valence-corrected chi connectivity index (χ4v) is 0.922. The van der Waals surface area contributed by atoms with Crippen molar-refractivity contribution in [3.63, 3.8) is 0 Å². The molecule has 0 aliphatic rings. The number of carbonyl (C=O) groups excluding carboxylic acids is 1. The van der Waals surface area contributed by atoms with E-state index in [0.717, 1.165) is 6.07 Å². The molecule has 0 fully saturated rings. The highest BCUT2D eigenvalue weighted by Crippen LogP contribution is 2.21. The molecule has 88 valence electrons. The Bertz CT molecular complexity index is 405. The summed E-state index contributed by atoms with van der Waals surface area (Å²) in [5, 5.41) is 0. The van der Waals surface area contributed by atoms with E-state index in [4.69, 9.17) is 10.5 Å². The van der Waals surface area contributed by atoms with Crippen LogP contribution in [-0.4, -0.2) is 12.5 Å². The lowest BCUT2D eigenvalue weighted by Gasteiger charge is -2.20. The zero-order valence-electron chi connectivity index (χ0n) is 9.09. The van der Waals surface area contributed by atoms with Crippen molar-refractivity contribution in [1.29, 1.82) is 0 Å². The van der Waals surface area contributed by atoms with Gasteiger partial charge in [0.2, 0.25) is 5.91 Å². The fraction of sp³-hybridized carbons (Fsp3) is 0.364. The first-order chi connectivity index (χ1) is 7.33. The van der Waals surface area contributed by atoms with Crippen molar-refractivity contribution in [2.75, 3.05) is 6.61 Å². The summed E-state index contributed by atoms with van der Waals surface area (Å²) in [7, 11) is 0. The predicted molar refractivity (Wildman–Crippen MR) is 54.8 cm³/mol. The Morgan fingerprint density at radius 2 is 2.06 bits per heavy atom. The van der Waals surface area contributed by atoms with Gasteiger partial charge < -0.3 is 10.5 Å². The molecule has 0 aromatic heterocycles. The summed E-state index contributed by atoms with van der Waals surface area (Å²) in [5.74, 6) is -2.13. The molecule has 0 aliphatic heterocycles. The minimum absolute atomic E-state index is 0.0646. The van der Waals surface area contributed by atoms with Crippen LogP contribution in [0, 0.1) is 17.0 Å². The van der Waals surface area contributed by atoms with Crippen LogP contribution in [0.2, 0.25) is 0 Å². The van der Waals surface area contributed by atoms with Crippen molar-refractivity contribution >= 4 is 5.91 Å². The van der Waals surface area contributed by atoms with Gasteiger partial charge in [0.25, 0.3) is 0 Å². The van der Waals surface area contributed by atoms with E-state index < -0.39 is 23.0 Å². The summed E-state index contributed by atoms with van der Waals surface area (Å²) in [5.41, 5.74) is 4.22. The van der Waals surface area contributed by atoms with E-state index in [1.54, 1.807) is 13.8 Å². The molecule has 0 heterocycles. The Morgan fingerprint density at radius 1 is 1.44 bits per heavy atom. The van der Waals surface area contributed by atoms with Crippen LogP contribution < -0.4 is 10.5 Å². The number of primary amides is 1. The van der Waals surface area contributed by atoms with E-state index in [-0.39, 0.29) is 12.4 Å². The summed E-state index contributed by atoms with van der Waals surface area (Å²) in [6.07, 6.45) is 0. The Labute approximate surface area is 92.2 Å². The van der Waals surface area contributed by atoms with Gasteiger partial charge in [0.15, 0.2) is 11.6 Å². The standard InChI is InChI=1S/C11H13F2NO2/c1-11(2,10(14)15)6-16-9-4-3-7(12)5-8(9)13/h3-5H,6H2,1-2H3,(H2,14,15). The summed E-state index contributed by atoms with van der Waals surface area (Å²) < 4.78 is 30.8. The van der Waals surface area contributed by atoms with Crippen molar-refractivity contribution in [1.82, 2.24) is 0 Å². The number of hydrogen-bond donors (Lipinski definition) is 1. The second-order valence-electron chi connectivity index (χ2n) is 4.11. The van der Waals surface area contributed by atoms with E-state index >= 15 is 0 Å². The van der Waals surface area contributed by atoms with E-state index in [0.29, 0.717) is 6.07 Å². The van der Waals surface area contributed by atoms with Gasteiger partial charge in [-0.2, -0.15) is 0 Å². The van der Waals surface area contributed by atoms with Gasteiger partial charge in [-0.05, 0) is 26.0 Å². The molecular formula is C11H13F2NO2. The van der Waals surface area contributed by atoms with Crippen molar-refractivity contribution in [3.8, 4) is 5.75 Å². The molecule has 0 saturated carbocycles. The van der Waals surface area contributed by atoms with Gasteiger partial charge in [0.05, 0.1) is 5.41 Å². The zero-order chi connectivity index (χ0) is 12.3. The molecule has 0 radical (unpaired) electrons. The molecule has 0 saturated heterocycles. The van der Waals surface area contributed by atoms with E-state index in [2.05, 4.69) is 0 Å². The monoisotopic (exact) mass is 229 g/mol. The molecule has 0 bridgehead atoms. The number of hydrogen-bond acceptors (Lipinski definition) is 2. The van der Waals surface area contributed by atoms with Crippen LogP contribution in [-0.2, 0) is 4.79 Å². The third-order valence-corrected chi connectivity index (χ3v) is 2.15. The average Bonchev–Trinajstić information content (AvgIpc) is 2.16. The summed E-state index contributed by atoms with van der Waals surface area (Å²) in [6, 6.07) is 2.96. The second-order valence-corrected chi connectivity index (χ2v) is 4.11. The number of benzene rings is 1. The summed E-state index contributed by atoms with van der Waals surface area (Å²) in [4.78, 5) is 11.0. The molecule has 1 amide bonds. The first-order valence-corrected chi connectivity index (χ1v) is 4.71. The highest BCUT2D eigenvalue weighted by molar-refractivity contribution is 5.80. The van der Waals surface area contributed by atoms with Crippen LogP contribution in [0.1, 0.15) is 13.8 Å². The first kappa shape index (κ1) is 12.4. The highest BCUT2D eigenvalue weighted by atomic mass is 19.1. The Morgan fingerprint density at radius 3 is 2.56 bits per heavy atom. The average molecular weight is 229 g/mol. The molecular weight excluding hydrogens is 216 g/mol. The van der Waals surface area contributed by atoms with Crippen LogP contribution >= 0.6 is 0 Å². The summed E-state index contributed by atoms with van der Waals surface area (Å²) >= 11 is 0. The molecule has 5 heteroatoms. The largest absolute Gasteiger partial charge is 0.489 e. The number of amides is 1. The van der Waals surface area contributed by atoms with Crippen LogP contribution in [0.3, 0.4) is 0 Å². The highest BCUT2D eigenvalue weighted by Gasteiger charge is 2.26. The quantitative estimate of drug-likeness (QED) is 0.856. The van der Waals surface area contributed by atoms with Crippen LogP contribution in [0.5, 0.6) is 5.75 Å². The second kappa shape index (κ2) is 4.47. The maximum Gasteiger partial charge on any atom is 0.226 e. The normalized spacial score (nSPS) is 11.2. The maximum absolute atomic E-state index is 13.1. The van der Waals surface area contributed by atoms with Gasteiger partial charge in [-0.15, -0.1) is 0 Å². The van der Waals surface area contributed by atoms with Gasteiger partial charge in [-0.3, -0.25) is 4.79 Å². The number of carbonyl (C=O) groups is 1.